The molecule has 0 amide bonds. The minimum absolute atomic E-state index is 0.204. The second-order valence-corrected chi connectivity index (χ2v) is 5.61. The van der Waals surface area contributed by atoms with E-state index in [0.29, 0.717) is 32.9 Å². The zero-order valence-electron chi connectivity index (χ0n) is 12.6. The van der Waals surface area contributed by atoms with Gasteiger partial charge in [-0.05, 0) is 36.8 Å². The van der Waals surface area contributed by atoms with Gasteiger partial charge in [0, 0.05) is 16.0 Å². The summed E-state index contributed by atoms with van der Waals surface area (Å²) < 4.78 is 5.35. The van der Waals surface area contributed by atoms with Crippen LogP contribution in [-0.2, 0) is 0 Å². The Bertz CT molecular complexity index is 922. The van der Waals surface area contributed by atoms with E-state index in [9.17, 15) is 9.90 Å². The minimum Gasteiger partial charge on any atom is -0.496 e. The first kappa shape index (κ1) is 15.3. The third-order valence-electron chi connectivity index (χ3n) is 3.71. The fourth-order valence-electron chi connectivity index (χ4n) is 2.59. The number of carbonyl (C=O) groups is 1. The van der Waals surface area contributed by atoms with E-state index in [-0.39, 0.29) is 5.56 Å². The number of aryl methyl sites for hydroxylation is 1. The Morgan fingerprint density at radius 1 is 1.22 bits per heavy atom. The maximum absolute atomic E-state index is 11.6. The molecule has 0 saturated carbocycles. The van der Waals surface area contributed by atoms with E-state index in [4.69, 9.17) is 16.3 Å². The number of aromatic carboxylic acids is 1. The van der Waals surface area contributed by atoms with Crippen molar-refractivity contribution in [3.05, 3.63) is 58.6 Å². The number of para-hydroxylation sites is 1. The highest BCUT2D eigenvalue weighted by Crippen LogP contribution is 2.34. The molecule has 3 rings (SSSR count). The van der Waals surface area contributed by atoms with Crippen LogP contribution >= 0.6 is 11.6 Å². The molecule has 0 unspecified atom stereocenters. The molecule has 0 fully saturated rings. The average Bonchev–Trinajstić information content (AvgIpc) is 2.54. The van der Waals surface area contributed by atoms with Crippen molar-refractivity contribution in [2.24, 2.45) is 0 Å². The van der Waals surface area contributed by atoms with Crippen molar-refractivity contribution >= 4 is 28.5 Å². The van der Waals surface area contributed by atoms with Crippen molar-refractivity contribution < 1.29 is 14.6 Å². The summed E-state index contributed by atoms with van der Waals surface area (Å²) in [6, 6.07) is 12.2. The molecule has 1 N–H and O–H groups in total. The lowest BCUT2D eigenvalue weighted by Gasteiger charge is -2.12. The average molecular weight is 328 g/mol. The Hall–Kier alpha value is -2.59. The van der Waals surface area contributed by atoms with Crippen LogP contribution in [0, 0.1) is 6.92 Å². The van der Waals surface area contributed by atoms with Crippen LogP contribution in [0.5, 0.6) is 5.75 Å². The monoisotopic (exact) mass is 327 g/mol. The number of nitrogens with zero attached hydrogens (tertiary/aromatic N) is 1. The van der Waals surface area contributed by atoms with Gasteiger partial charge in [0.1, 0.15) is 5.75 Å². The molecule has 1 aromatic heterocycles. The number of fused-ring (bicyclic) bond motifs is 1. The minimum atomic E-state index is -0.995. The lowest BCUT2D eigenvalue weighted by molar-refractivity contribution is 0.0699. The van der Waals surface area contributed by atoms with Gasteiger partial charge >= 0.3 is 5.97 Å². The Labute approximate surface area is 138 Å². The Morgan fingerprint density at radius 2 is 2.00 bits per heavy atom. The Balaban J connectivity index is 2.37. The summed E-state index contributed by atoms with van der Waals surface area (Å²) >= 11 is 6.08. The lowest BCUT2D eigenvalue weighted by atomic mass is 10.0. The van der Waals surface area contributed by atoms with E-state index in [1.807, 2.05) is 19.1 Å². The predicted molar refractivity (Wildman–Crippen MR) is 90.4 cm³/mol. The molecule has 0 radical (unpaired) electrons. The molecule has 23 heavy (non-hydrogen) atoms. The summed E-state index contributed by atoms with van der Waals surface area (Å²) in [5, 5.41) is 10.7. The van der Waals surface area contributed by atoms with E-state index in [2.05, 4.69) is 4.98 Å². The number of methoxy groups -OCH3 is 1. The lowest BCUT2D eigenvalue weighted by Crippen LogP contribution is -2.01. The molecule has 0 bridgehead atoms. The Morgan fingerprint density at radius 3 is 2.70 bits per heavy atom. The van der Waals surface area contributed by atoms with Crippen molar-refractivity contribution in [2.45, 2.75) is 6.92 Å². The molecule has 4 nitrogen and oxygen atoms in total. The summed E-state index contributed by atoms with van der Waals surface area (Å²) in [6.07, 6.45) is 0. The number of hydrogen-bond donors (Lipinski definition) is 1. The highest BCUT2D eigenvalue weighted by molar-refractivity contribution is 6.31. The van der Waals surface area contributed by atoms with E-state index >= 15 is 0 Å². The van der Waals surface area contributed by atoms with Crippen LogP contribution in [0.15, 0.2) is 42.5 Å². The molecule has 0 atom stereocenters. The summed E-state index contributed by atoms with van der Waals surface area (Å²) in [5.74, 6) is -0.406. The van der Waals surface area contributed by atoms with Crippen LogP contribution in [0.1, 0.15) is 15.9 Å². The number of rotatable bonds is 3. The van der Waals surface area contributed by atoms with Gasteiger partial charge < -0.3 is 9.84 Å². The van der Waals surface area contributed by atoms with Crippen molar-refractivity contribution in [3.63, 3.8) is 0 Å². The SMILES string of the molecule is COc1ccc(Cl)cc1-c1cc(C(=O)O)c2cccc(C)c2n1. The zero-order valence-corrected chi connectivity index (χ0v) is 13.4. The number of hydrogen-bond acceptors (Lipinski definition) is 3. The van der Waals surface area contributed by atoms with Gasteiger partial charge in [0.25, 0.3) is 0 Å². The van der Waals surface area contributed by atoms with Gasteiger partial charge in [0.2, 0.25) is 0 Å². The second-order valence-electron chi connectivity index (χ2n) is 5.18. The van der Waals surface area contributed by atoms with Gasteiger partial charge in [0.15, 0.2) is 0 Å². The molecule has 5 heteroatoms. The van der Waals surface area contributed by atoms with Gasteiger partial charge in [-0.1, -0.05) is 29.8 Å². The highest BCUT2D eigenvalue weighted by Gasteiger charge is 2.16. The fraction of sp³-hybridized carbons (Fsp3) is 0.111. The normalized spacial score (nSPS) is 10.7. The number of halogens is 1. The largest absolute Gasteiger partial charge is 0.496 e. The predicted octanol–water partition coefficient (Wildman–Crippen LogP) is 4.57. The van der Waals surface area contributed by atoms with Crippen LogP contribution in [0.3, 0.4) is 0 Å². The summed E-state index contributed by atoms with van der Waals surface area (Å²) in [5.41, 5.74) is 2.95. The van der Waals surface area contributed by atoms with Crippen LogP contribution in [0.25, 0.3) is 22.2 Å². The molecule has 116 valence electrons. The number of carboxylic acid groups (broad SMARTS) is 1. The quantitative estimate of drug-likeness (QED) is 0.765. The van der Waals surface area contributed by atoms with Crippen molar-refractivity contribution in [1.29, 1.82) is 0 Å². The number of ether oxygens (including phenoxy) is 1. The van der Waals surface area contributed by atoms with E-state index < -0.39 is 5.97 Å². The first-order valence-electron chi connectivity index (χ1n) is 6.99. The molecule has 0 aliphatic heterocycles. The number of carboxylic acids is 1. The fourth-order valence-corrected chi connectivity index (χ4v) is 2.76. The van der Waals surface area contributed by atoms with Gasteiger partial charge in [0.05, 0.1) is 23.9 Å². The molecule has 1 heterocycles. The van der Waals surface area contributed by atoms with Gasteiger partial charge in [-0.15, -0.1) is 0 Å². The molecular weight excluding hydrogens is 314 g/mol. The van der Waals surface area contributed by atoms with Crippen LogP contribution in [-0.4, -0.2) is 23.2 Å². The third kappa shape index (κ3) is 2.73. The first-order chi connectivity index (χ1) is 11.0. The number of pyridine rings is 1. The molecule has 0 aliphatic carbocycles. The van der Waals surface area contributed by atoms with Crippen molar-refractivity contribution in [1.82, 2.24) is 4.98 Å². The molecule has 0 saturated heterocycles. The maximum atomic E-state index is 11.6. The van der Waals surface area contributed by atoms with E-state index in [0.717, 1.165) is 5.56 Å². The van der Waals surface area contributed by atoms with Gasteiger partial charge in [-0.3, -0.25) is 0 Å². The van der Waals surface area contributed by atoms with Crippen LogP contribution in [0.2, 0.25) is 5.02 Å². The van der Waals surface area contributed by atoms with Crippen molar-refractivity contribution in [3.8, 4) is 17.0 Å². The molecule has 3 aromatic rings. The summed E-state index contributed by atoms with van der Waals surface area (Å²) in [6.45, 7) is 1.90. The zero-order chi connectivity index (χ0) is 16.6. The van der Waals surface area contributed by atoms with E-state index in [1.54, 1.807) is 37.4 Å². The molecular formula is C18H14ClNO3. The van der Waals surface area contributed by atoms with Crippen molar-refractivity contribution in [2.75, 3.05) is 7.11 Å². The van der Waals surface area contributed by atoms with E-state index in [1.165, 1.54) is 0 Å². The molecule has 0 aliphatic rings. The Kier molecular flexibility index (Phi) is 3.92. The third-order valence-corrected chi connectivity index (χ3v) is 3.94. The maximum Gasteiger partial charge on any atom is 0.336 e. The smallest absolute Gasteiger partial charge is 0.336 e. The van der Waals surface area contributed by atoms with Crippen LogP contribution in [0.4, 0.5) is 0 Å². The molecule has 0 spiro atoms. The highest BCUT2D eigenvalue weighted by atomic mass is 35.5. The molecule has 2 aromatic carbocycles. The second kappa shape index (κ2) is 5.89. The number of benzene rings is 2. The first-order valence-corrected chi connectivity index (χ1v) is 7.36. The topological polar surface area (TPSA) is 59.4 Å². The number of aromatic nitrogens is 1. The summed E-state index contributed by atoms with van der Waals surface area (Å²) in [7, 11) is 1.55. The standard InChI is InChI=1S/C18H14ClNO3/c1-10-4-3-5-12-13(18(21)22)9-15(20-17(10)12)14-8-11(19)6-7-16(14)23-2/h3-9H,1-2H3,(H,21,22). The van der Waals surface area contributed by atoms with Gasteiger partial charge in [-0.2, -0.15) is 0 Å². The summed E-state index contributed by atoms with van der Waals surface area (Å²) in [4.78, 5) is 16.3. The van der Waals surface area contributed by atoms with Gasteiger partial charge in [-0.25, -0.2) is 9.78 Å². The van der Waals surface area contributed by atoms with Crippen LogP contribution < -0.4 is 4.74 Å².